The van der Waals surface area contributed by atoms with Crippen molar-refractivity contribution in [2.75, 3.05) is 57.8 Å². The number of nitrogens with zero attached hydrogens (tertiary/aromatic N) is 6. The number of benzene rings is 4. The van der Waals surface area contributed by atoms with E-state index in [0.717, 1.165) is 16.8 Å². The third-order valence-electron chi connectivity index (χ3n) is 27.5. The summed E-state index contributed by atoms with van der Waals surface area (Å²) in [4.78, 5) is 172. The smallest absolute Gasteiger partial charge is 0.410 e. The van der Waals surface area contributed by atoms with Crippen LogP contribution in [0.3, 0.4) is 0 Å². The van der Waals surface area contributed by atoms with Crippen LogP contribution in [0.5, 0.6) is 0 Å². The van der Waals surface area contributed by atoms with Crippen molar-refractivity contribution in [2.45, 2.75) is 318 Å². The maximum Gasteiger partial charge on any atom is 0.410 e. The molecule has 48 heteroatoms. The fourth-order valence-electron chi connectivity index (χ4n) is 19.2. The Morgan fingerprint density at radius 3 is 1.93 bits per heavy atom. The minimum Gasteiger partial charge on any atom is -0.477 e. The van der Waals surface area contributed by atoms with Gasteiger partial charge in [0.05, 0.1) is 74.6 Å². The summed E-state index contributed by atoms with van der Waals surface area (Å²) in [6.45, 7) is 16.6. The van der Waals surface area contributed by atoms with Gasteiger partial charge in [-0.1, -0.05) is 159 Å². The summed E-state index contributed by atoms with van der Waals surface area (Å²) in [5, 5.41) is 162. The zero-order valence-corrected chi connectivity index (χ0v) is 87.1. The summed E-state index contributed by atoms with van der Waals surface area (Å²) in [6.07, 6.45) is -30.3. The van der Waals surface area contributed by atoms with Crippen molar-refractivity contribution in [3.63, 3.8) is 0 Å². The molecule has 0 saturated carbocycles. The molecule has 47 nitrogen and oxygen atoms in total. The van der Waals surface area contributed by atoms with E-state index in [1.54, 1.807) is 151 Å². The van der Waals surface area contributed by atoms with Gasteiger partial charge >= 0.3 is 18.1 Å². The Morgan fingerprint density at radius 2 is 1.31 bits per heavy atom. The van der Waals surface area contributed by atoms with Crippen molar-refractivity contribution in [1.82, 2.24) is 52.0 Å². The molecule has 1 radical (unpaired) electrons. The van der Waals surface area contributed by atoms with Crippen molar-refractivity contribution >= 4 is 82.6 Å². The number of nitrogens with one attached hydrogen (secondary N) is 8. The molecule has 0 bridgehead atoms. The molecular weight excluding hydrogens is 1990 g/mol. The van der Waals surface area contributed by atoms with E-state index in [4.69, 9.17) is 43.6 Å². The Hall–Kier alpha value is -10.1. The number of carbonyl (C=O) groups excluding carboxylic acids is 11. The number of primary amides is 1. The minimum absolute atomic E-state index is 0. The first-order valence-corrected chi connectivity index (χ1v) is 48.8. The number of aliphatic hydroxyl groups excluding tert-OH is 11. The van der Waals surface area contributed by atoms with E-state index in [1.807, 2.05) is 13.8 Å². The SMILES string of the molecule is CCC(C)C(NC(=O)C(NC(=O)C(C(C)C)N(C)C(=O)OCc1ccc(NC(=O)C(CCCNC(N)=O)NC(=O)C(NC(=O)CCC(=O)N2Cc3ccccc3C3N=NN(C(O)C(O)C4OC(OCC5OC(O)C(O)C(O)C5O)(C(=O)O)CC(O)C4NC(C)=O)C3c3ccccc32)C(C)C)cc1)C(C)C)C(CC(=O)N1CCCC1C(OC)C(C)C(=O)NC(C)C(OC1OC(CO)C(O)C(O)C1O)c1ccccc1)OC.[Y]. The number of carboxylic acids is 1. The van der Waals surface area contributed by atoms with E-state index in [-0.39, 0.29) is 100 Å². The molecule has 6 aliphatic rings. The van der Waals surface area contributed by atoms with Crippen LogP contribution in [0, 0.1) is 29.6 Å². The van der Waals surface area contributed by atoms with Gasteiger partial charge in [-0.25, -0.2) is 19.4 Å². The molecule has 4 fully saturated rings. The van der Waals surface area contributed by atoms with Gasteiger partial charge in [0.15, 0.2) is 18.8 Å². The van der Waals surface area contributed by atoms with E-state index >= 15 is 0 Å². The number of amides is 12. The number of urea groups is 1. The molecule has 0 spiro atoms. The summed E-state index contributed by atoms with van der Waals surface area (Å²) in [7, 11) is 4.25. The maximum absolute atomic E-state index is 14.9. The van der Waals surface area contributed by atoms with Gasteiger partial charge in [0.2, 0.25) is 53.2 Å². The number of hydrogen-bond acceptors (Lipinski definition) is 34. The largest absolute Gasteiger partial charge is 0.477 e. The second kappa shape index (κ2) is 54.4. The van der Waals surface area contributed by atoms with Crippen molar-refractivity contribution in [2.24, 2.45) is 45.7 Å². The van der Waals surface area contributed by atoms with Gasteiger partial charge in [0.25, 0.3) is 5.79 Å². The Kier molecular flexibility index (Phi) is 44.5. The molecule has 4 saturated heterocycles. The number of hydrogen-bond donors (Lipinski definition) is 21. The van der Waals surface area contributed by atoms with E-state index in [1.165, 1.54) is 38.3 Å². The fourth-order valence-corrected chi connectivity index (χ4v) is 19.2. The molecule has 805 valence electrons. The molecule has 12 amide bonds. The van der Waals surface area contributed by atoms with Crippen LogP contribution in [0.15, 0.2) is 113 Å². The zero-order valence-electron chi connectivity index (χ0n) is 84.3. The maximum atomic E-state index is 14.9. The first-order chi connectivity index (χ1) is 68.7. The summed E-state index contributed by atoms with van der Waals surface area (Å²) in [5.41, 5.74) is 8.08. The van der Waals surface area contributed by atoms with Gasteiger partial charge in [-0.05, 0) is 96.7 Å². The van der Waals surface area contributed by atoms with Crippen LogP contribution in [0.4, 0.5) is 21.0 Å². The Balaban J connectivity index is 0.0000237. The summed E-state index contributed by atoms with van der Waals surface area (Å²) in [5.74, 6) is -13.5. The van der Waals surface area contributed by atoms with Crippen LogP contribution >= 0.6 is 0 Å². The predicted octanol–water partition coefficient (Wildman–Crippen LogP) is -0.206. The van der Waals surface area contributed by atoms with Gasteiger partial charge < -0.3 is 157 Å². The molecule has 6 heterocycles. The topological polar surface area (TPSA) is 681 Å². The molecule has 10 rings (SSSR count). The van der Waals surface area contributed by atoms with Gasteiger partial charge in [0, 0.05) is 110 Å². The summed E-state index contributed by atoms with van der Waals surface area (Å²) in [6, 6.07) is 16.1. The molecule has 6 aliphatic heterocycles. The molecule has 4 aromatic carbocycles. The van der Waals surface area contributed by atoms with Crippen LogP contribution < -0.4 is 53.2 Å². The third-order valence-corrected chi connectivity index (χ3v) is 27.5. The van der Waals surface area contributed by atoms with E-state index in [9.17, 15) is 119 Å². The quantitative estimate of drug-likeness (QED) is 0.0255. The number of likely N-dealkylation sites (tertiary alicyclic amines) is 1. The van der Waals surface area contributed by atoms with E-state index < -0.39 is 292 Å². The average molecular weight is 2130 g/mol. The number of anilines is 2. The molecule has 0 aliphatic carbocycles. The first-order valence-electron chi connectivity index (χ1n) is 48.8. The molecule has 0 aromatic heterocycles. The first kappa shape index (κ1) is 119. The molecule has 22 N–H and O–H groups in total. The van der Waals surface area contributed by atoms with Crippen LogP contribution in [0.1, 0.15) is 180 Å². The van der Waals surface area contributed by atoms with Crippen LogP contribution in [0.2, 0.25) is 0 Å². The number of nitrogens with two attached hydrogens (primary N) is 1. The number of rotatable bonds is 46. The number of para-hydroxylation sites is 1. The number of carbonyl (C=O) groups is 12. The van der Waals surface area contributed by atoms with Crippen LogP contribution in [-0.2, 0) is 132 Å². The Bertz CT molecular complexity index is 5080. The number of ether oxygens (including phenoxy) is 8. The molecule has 30 unspecified atom stereocenters. The summed E-state index contributed by atoms with van der Waals surface area (Å²) < 4.78 is 46.6. The minimum atomic E-state index is -2.96. The monoisotopic (exact) mass is 2130 g/mol. The number of fused-ring (bicyclic) bond motifs is 5. The fraction of sp³-hybridized carbons (Fsp3) is 0.633. The number of aliphatic hydroxyl groups is 11. The van der Waals surface area contributed by atoms with E-state index in [0.29, 0.717) is 48.1 Å². The second-order valence-corrected chi connectivity index (χ2v) is 38.8. The molecule has 146 heavy (non-hydrogen) atoms. The number of methoxy groups -OCH3 is 2. The van der Waals surface area contributed by atoms with Gasteiger partial charge in [-0.15, -0.1) is 0 Å². The zero-order chi connectivity index (χ0) is 107. The molecule has 30 atom stereocenters. The molecular formula is C98H143N15O32Y. The normalized spacial score (nSPS) is 26.5. The summed E-state index contributed by atoms with van der Waals surface area (Å²) >= 11 is 0. The number of carboxylic acid groups (broad SMARTS) is 1. The Labute approximate surface area is 871 Å². The van der Waals surface area contributed by atoms with Crippen molar-refractivity contribution in [3.8, 4) is 0 Å². The second-order valence-electron chi connectivity index (χ2n) is 38.8. The van der Waals surface area contributed by atoms with Crippen molar-refractivity contribution in [3.05, 3.63) is 131 Å². The number of likely N-dealkylation sites (N-methyl/N-ethyl adjacent to an activating group) is 1. The predicted molar refractivity (Wildman–Crippen MR) is 513 cm³/mol. The van der Waals surface area contributed by atoms with Gasteiger partial charge in [-0.2, -0.15) is 5.11 Å². The van der Waals surface area contributed by atoms with Gasteiger partial charge in [0.1, 0.15) is 110 Å². The van der Waals surface area contributed by atoms with Gasteiger partial charge in [-0.3, -0.25) is 48.1 Å². The standard InChI is InChI=1S/C98H143N15O32.Y/c1-15-50(8)72(64(138-13)41-69(119)111-40-24-32-62(111)84(139-14)51(9)87(127)101-52(10)85(55-25-17-16-18-26-55)144-94-82(125)80(123)77(120)65(44-114)143-94)107-90(130)71(48(4)5)106-91(131)75(49(6)7)110(12)97(137)140-45-54-33-35-57(36-34-54)103-88(128)60(30-23-39-100-96(99)136)104-89(129)70(47(2)3)105-67(117)37-38-68(118)112-43-56-27-19-20-28-58(56)73-76(59-29-21-22-31-61(59)112)113(109-108-73)92(132)83(126)86-74(102-53(11)115)63(116)42-98(145-86,95(134)135)141-46-66-78(121)79(122)81(124)93(133)142-66;/h16-22,25-29,31,33-36,47-52,60,62-66,70-86,92-94,114,116,120-126,132-133H,15,23-24,30,32,37-46H2,1-14H3,(H,101,127)(H,102,115)(H,103,128)(H,104,129)(H,105,117)(H,106,131)(H,107,130)(H,134,135)(H3,99,100,136);. The Morgan fingerprint density at radius 1 is 0.678 bits per heavy atom. The molecule has 4 aromatic rings. The number of aliphatic carboxylic acids is 1. The average Bonchev–Trinajstić information content (AvgIpc) is 1.55. The van der Waals surface area contributed by atoms with E-state index in [2.05, 4.69) is 52.9 Å². The van der Waals surface area contributed by atoms with Crippen LogP contribution in [0.25, 0.3) is 0 Å². The van der Waals surface area contributed by atoms with Crippen molar-refractivity contribution in [1.29, 1.82) is 0 Å². The van der Waals surface area contributed by atoms with Crippen molar-refractivity contribution < 1.29 is 189 Å². The third kappa shape index (κ3) is 29.3. The van der Waals surface area contributed by atoms with Crippen LogP contribution in [-0.4, -0.2) is 347 Å².